The van der Waals surface area contributed by atoms with Gasteiger partial charge in [-0.25, -0.2) is 9.97 Å². The molecule has 0 unspecified atom stereocenters. The van der Waals surface area contributed by atoms with E-state index in [4.69, 9.17) is 0 Å². The summed E-state index contributed by atoms with van der Waals surface area (Å²) in [6.07, 6.45) is 0.541. The van der Waals surface area contributed by atoms with Gasteiger partial charge in [0.05, 0.1) is 5.69 Å². The minimum atomic E-state index is -0.441. The summed E-state index contributed by atoms with van der Waals surface area (Å²) in [6, 6.07) is 16.6. The number of aromatic nitrogens is 2. The normalized spacial score (nSPS) is 13.7. The van der Waals surface area contributed by atoms with E-state index in [0.717, 1.165) is 34.3 Å². The third kappa shape index (κ3) is 5.06. The van der Waals surface area contributed by atoms with Crippen LogP contribution in [0.3, 0.4) is 0 Å². The number of hydrogen-bond donors (Lipinski definition) is 2. The summed E-state index contributed by atoms with van der Waals surface area (Å²) in [5.74, 6) is -0.856. The van der Waals surface area contributed by atoms with Gasteiger partial charge < -0.3 is 10.4 Å². The Kier molecular flexibility index (Phi) is 6.46. The average molecular weight is 461 g/mol. The quantitative estimate of drug-likeness (QED) is 0.311. The lowest BCUT2D eigenvalue weighted by Crippen LogP contribution is -2.34. The lowest BCUT2D eigenvalue weighted by molar-refractivity contribution is -0.137. The number of rotatable bonds is 7. The van der Waals surface area contributed by atoms with Crippen LogP contribution in [0.2, 0.25) is 0 Å². The van der Waals surface area contributed by atoms with E-state index < -0.39 is 11.8 Å². The first-order valence-corrected chi connectivity index (χ1v) is 11.3. The molecule has 1 aliphatic rings. The summed E-state index contributed by atoms with van der Waals surface area (Å²) in [6.45, 7) is 5.83. The zero-order valence-electron chi connectivity index (χ0n) is 18.6. The molecule has 7 nitrogen and oxygen atoms in total. The van der Waals surface area contributed by atoms with Crippen LogP contribution in [0.1, 0.15) is 22.5 Å². The highest BCUT2D eigenvalue weighted by molar-refractivity contribution is 8.04. The lowest BCUT2D eigenvalue weighted by atomic mass is 10.1. The molecular weight excluding hydrogens is 436 g/mol. The molecular formula is C25H24N4O3S. The number of phenols is 1. The SMILES string of the molecule is Cc1ccc(O)c(NC2=C(Sc3nc(C)cc(C)n3)C(=O)N(CCc3ccccc3)C2=O)c1. The van der Waals surface area contributed by atoms with Gasteiger partial charge in [0.25, 0.3) is 11.8 Å². The van der Waals surface area contributed by atoms with Gasteiger partial charge in [0.1, 0.15) is 16.4 Å². The Morgan fingerprint density at radius 2 is 1.64 bits per heavy atom. The maximum absolute atomic E-state index is 13.3. The third-order valence-electron chi connectivity index (χ3n) is 5.16. The lowest BCUT2D eigenvalue weighted by Gasteiger charge is -2.15. The molecule has 0 radical (unpaired) electrons. The van der Waals surface area contributed by atoms with Gasteiger partial charge in [-0.2, -0.15) is 0 Å². The standard InChI is InChI=1S/C25H24N4O3S/c1-15-9-10-20(30)19(13-15)28-21-22(33-25-26-16(2)14-17(3)27-25)24(32)29(23(21)31)12-11-18-7-5-4-6-8-18/h4-10,13-14,28,30H,11-12H2,1-3H3. The van der Waals surface area contributed by atoms with Crippen molar-refractivity contribution in [2.75, 3.05) is 11.9 Å². The van der Waals surface area contributed by atoms with Crippen LogP contribution in [0, 0.1) is 20.8 Å². The van der Waals surface area contributed by atoms with Crippen LogP contribution in [0.25, 0.3) is 0 Å². The number of aromatic hydroxyl groups is 1. The molecule has 4 rings (SSSR count). The molecule has 2 aromatic carbocycles. The van der Waals surface area contributed by atoms with Gasteiger partial charge in [-0.3, -0.25) is 14.5 Å². The van der Waals surface area contributed by atoms with Crippen LogP contribution in [-0.4, -0.2) is 38.3 Å². The summed E-state index contributed by atoms with van der Waals surface area (Å²) in [5.41, 5.74) is 3.95. The predicted octanol–water partition coefficient (Wildman–Crippen LogP) is 4.13. The van der Waals surface area contributed by atoms with E-state index in [1.807, 2.05) is 57.2 Å². The number of amides is 2. The Labute approximate surface area is 196 Å². The molecule has 8 heteroatoms. The number of carbonyl (C=O) groups excluding carboxylic acids is 2. The summed E-state index contributed by atoms with van der Waals surface area (Å²) >= 11 is 1.06. The van der Waals surface area contributed by atoms with Crippen LogP contribution in [0.15, 0.2) is 70.4 Å². The number of nitrogens with zero attached hydrogens (tertiary/aromatic N) is 3. The van der Waals surface area contributed by atoms with E-state index in [-0.39, 0.29) is 22.9 Å². The molecule has 0 aliphatic carbocycles. The average Bonchev–Trinajstić information content (AvgIpc) is 2.98. The first kappa shape index (κ1) is 22.5. The second kappa shape index (κ2) is 9.46. The fraction of sp³-hybridized carbons (Fsp3) is 0.200. The van der Waals surface area contributed by atoms with Gasteiger partial charge in [-0.1, -0.05) is 36.4 Å². The number of anilines is 1. The molecule has 0 atom stereocenters. The Morgan fingerprint density at radius 3 is 2.33 bits per heavy atom. The topological polar surface area (TPSA) is 95.4 Å². The number of thioether (sulfide) groups is 1. The molecule has 33 heavy (non-hydrogen) atoms. The van der Waals surface area contributed by atoms with Crippen molar-refractivity contribution in [2.45, 2.75) is 32.3 Å². The molecule has 0 spiro atoms. The van der Waals surface area contributed by atoms with Crippen LogP contribution in [0.4, 0.5) is 5.69 Å². The molecule has 0 fully saturated rings. The molecule has 0 saturated heterocycles. The van der Waals surface area contributed by atoms with Crippen molar-refractivity contribution in [2.24, 2.45) is 0 Å². The van der Waals surface area contributed by atoms with Crippen molar-refractivity contribution < 1.29 is 14.7 Å². The molecule has 1 aromatic heterocycles. The first-order chi connectivity index (χ1) is 15.8. The van der Waals surface area contributed by atoms with E-state index in [1.54, 1.807) is 18.2 Å². The van der Waals surface area contributed by atoms with Gasteiger partial charge in [0.2, 0.25) is 0 Å². The summed E-state index contributed by atoms with van der Waals surface area (Å²) < 4.78 is 0. The van der Waals surface area contributed by atoms with Crippen molar-refractivity contribution >= 4 is 29.3 Å². The van der Waals surface area contributed by atoms with E-state index in [1.165, 1.54) is 4.90 Å². The minimum Gasteiger partial charge on any atom is -0.506 e. The fourth-order valence-electron chi connectivity index (χ4n) is 3.56. The monoisotopic (exact) mass is 460 g/mol. The maximum atomic E-state index is 13.3. The van der Waals surface area contributed by atoms with E-state index >= 15 is 0 Å². The van der Waals surface area contributed by atoms with Crippen LogP contribution in [-0.2, 0) is 16.0 Å². The number of phenolic OH excluding ortho intramolecular Hbond substituents is 1. The molecule has 2 amide bonds. The number of hydrogen-bond acceptors (Lipinski definition) is 7. The van der Waals surface area contributed by atoms with E-state index in [0.29, 0.717) is 17.3 Å². The van der Waals surface area contributed by atoms with E-state index in [2.05, 4.69) is 15.3 Å². The summed E-state index contributed by atoms with van der Waals surface area (Å²) in [5, 5.41) is 13.7. The van der Waals surface area contributed by atoms with Gasteiger partial charge in [-0.05, 0) is 68.3 Å². The van der Waals surface area contributed by atoms with Crippen molar-refractivity contribution in [3.63, 3.8) is 0 Å². The second-order valence-corrected chi connectivity index (χ2v) is 8.86. The van der Waals surface area contributed by atoms with E-state index in [9.17, 15) is 14.7 Å². The maximum Gasteiger partial charge on any atom is 0.278 e. The van der Waals surface area contributed by atoms with Crippen molar-refractivity contribution in [3.8, 4) is 5.75 Å². The summed E-state index contributed by atoms with van der Waals surface area (Å²) in [7, 11) is 0. The summed E-state index contributed by atoms with van der Waals surface area (Å²) in [4.78, 5) is 36.9. The Bertz CT molecular complexity index is 1240. The molecule has 0 saturated carbocycles. The van der Waals surface area contributed by atoms with Crippen molar-refractivity contribution in [1.82, 2.24) is 14.9 Å². The fourth-order valence-corrected chi connectivity index (χ4v) is 4.56. The largest absolute Gasteiger partial charge is 0.506 e. The molecule has 2 heterocycles. The van der Waals surface area contributed by atoms with Crippen molar-refractivity contribution in [1.29, 1.82) is 0 Å². The zero-order valence-corrected chi connectivity index (χ0v) is 19.4. The molecule has 1 aliphatic heterocycles. The number of benzene rings is 2. The number of carbonyl (C=O) groups is 2. The molecule has 0 bridgehead atoms. The Hall–Kier alpha value is -3.65. The number of aryl methyl sites for hydroxylation is 3. The minimum absolute atomic E-state index is 0.0110. The molecule has 168 valence electrons. The van der Waals surface area contributed by atoms with Gasteiger partial charge in [0.15, 0.2) is 5.16 Å². The van der Waals surface area contributed by atoms with Gasteiger partial charge in [-0.15, -0.1) is 0 Å². The first-order valence-electron chi connectivity index (χ1n) is 10.5. The third-order valence-corrected chi connectivity index (χ3v) is 6.11. The highest BCUT2D eigenvalue weighted by atomic mass is 32.2. The zero-order chi connectivity index (χ0) is 23.5. The highest BCUT2D eigenvalue weighted by Crippen LogP contribution is 2.36. The van der Waals surface area contributed by atoms with Crippen LogP contribution < -0.4 is 5.32 Å². The number of imide groups is 1. The molecule has 3 aromatic rings. The number of nitrogens with one attached hydrogen (secondary N) is 1. The Morgan fingerprint density at radius 1 is 0.939 bits per heavy atom. The molecule has 2 N–H and O–H groups in total. The van der Waals surface area contributed by atoms with Crippen molar-refractivity contribution in [3.05, 3.63) is 87.7 Å². The van der Waals surface area contributed by atoms with Gasteiger partial charge in [0, 0.05) is 17.9 Å². The second-order valence-electron chi connectivity index (χ2n) is 7.88. The van der Waals surface area contributed by atoms with Crippen LogP contribution >= 0.6 is 11.8 Å². The van der Waals surface area contributed by atoms with Crippen LogP contribution in [0.5, 0.6) is 5.75 Å². The Balaban J connectivity index is 1.67. The predicted molar refractivity (Wildman–Crippen MR) is 128 cm³/mol. The van der Waals surface area contributed by atoms with Gasteiger partial charge >= 0.3 is 0 Å². The highest BCUT2D eigenvalue weighted by Gasteiger charge is 2.39. The smallest absolute Gasteiger partial charge is 0.278 e.